The molecule has 30 heavy (non-hydrogen) atoms. The molecule has 0 saturated heterocycles. The molecule has 0 fully saturated rings. The molecule has 6 nitrogen and oxygen atoms in total. The Hall–Kier alpha value is -3.87. The number of nitrogens with two attached hydrogens (primary N) is 1. The van der Waals surface area contributed by atoms with Crippen LogP contribution in [0, 0.1) is 5.82 Å². The van der Waals surface area contributed by atoms with Gasteiger partial charge in [0.15, 0.2) is 11.6 Å². The molecule has 0 radical (unpaired) electrons. The number of carbonyl (C=O) groups excluding carboxylic acids is 2. The zero-order valence-electron chi connectivity index (χ0n) is 16.4. The maximum Gasteiger partial charge on any atom is 0.253 e. The van der Waals surface area contributed by atoms with Crippen LogP contribution in [-0.2, 0) is 0 Å². The number of nitrogens with zero attached hydrogens (tertiary/aromatic N) is 1. The highest BCUT2D eigenvalue weighted by molar-refractivity contribution is 5.94. The molecule has 0 aliphatic heterocycles. The van der Waals surface area contributed by atoms with Gasteiger partial charge in [0.1, 0.15) is 18.1 Å². The summed E-state index contributed by atoms with van der Waals surface area (Å²) in [5.41, 5.74) is 6.09. The van der Waals surface area contributed by atoms with Crippen molar-refractivity contribution in [2.45, 2.75) is 0 Å². The van der Waals surface area contributed by atoms with Gasteiger partial charge in [-0.25, -0.2) is 4.39 Å². The lowest BCUT2D eigenvalue weighted by Gasteiger charge is -2.18. The molecule has 3 aromatic rings. The van der Waals surface area contributed by atoms with Crippen molar-refractivity contribution in [3.05, 3.63) is 89.7 Å². The summed E-state index contributed by atoms with van der Waals surface area (Å²) >= 11 is 0. The SMILES string of the molecule is CN(CCOc1ccccc1F)C(=O)c1ccc(Oc2ccc(C(N)=O)cc2)cc1. The molecule has 2 N–H and O–H groups in total. The Morgan fingerprint density at radius 1 is 0.900 bits per heavy atom. The van der Waals surface area contributed by atoms with Gasteiger partial charge < -0.3 is 20.1 Å². The monoisotopic (exact) mass is 408 g/mol. The maximum atomic E-state index is 13.5. The molecule has 0 heterocycles. The van der Waals surface area contributed by atoms with Crippen LogP contribution in [0.5, 0.6) is 17.2 Å². The number of carbonyl (C=O) groups is 2. The van der Waals surface area contributed by atoms with E-state index in [0.717, 1.165) is 0 Å². The van der Waals surface area contributed by atoms with Crippen LogP contribution in [0.4, 0.5) is 4.39 Å². The first-order valence-corrected chi connectivity index (χ1v) is 9.24. The van der Waals surface area contributed by atoms with E-state index < -0.39 is 11.7 Å². The normalized spacial score (nSPS) is 10.3. The first-order valence-electron chi connectivity index (χ1n) is 9.24. The van der Waals surface area contributed by atoms with E-state index in [-0.39, 0.29) is 18.3 Å². The van der Waals surface area contributed by atoms with Gasteiger partial charge in [0.2, 0.25) is 5.91 Å². The number of primary amides is 1. The number of hydrogen-bond acceptors (Lipinski definition) is 4. The second-order valence-electron chi connectivity index (χ2n) is 6.52. The van der Waals surface area contributed by atoms with Gasteiger partial charge in [0, 0.05) is 18.2 Å². The quantitative estimate of drug-likeness (QED) is 0.614. The van der Waals surface area contributed by atoms with Crippen molar-refractivity contribution >= 4 is 11.8 Å². The Morgan fingerprint density at radius 3 is 2.03 bits per heavy atom. The first kappa shape index (κ1) is 20.9. The fourth-order valence-electron chi connectivity index (χ4n) is 2.67. The van der Waals surface area contributed by atoms with E-state index in [0.29, 0.717) is 29.2 Å². The molecule has 3 aromatic carbocycles. The highest BCUT2D eigenvalue weighted by Crippen LogP contribution is 2.22. The second kappa shape index (κ2) is 9.56. The Morgan fingerprint density at radius 2 is 1.47 bits per heavy atom. The summed E-state index contributed by atoms with van der Waals surface area (Å²) in [4.78, 5) is 25.1. The molecular weight excluding hydrogens is 387 g/mol. The first-order chi connectivity index (χ1) is 14.4. The predicted octanol–water partition coefficient (Wildman–Crippen LogP) is 3.87. The molecule has 154 valence electrons. The van der Waals surface area contributed by atoms with Crippen molar-refractivity contribution in [1.82, 2.24) is 4.90 Å². The Labute approximate surface area is 173 Å². The molecule has 3 rings (SSSR count). The van der Waals surface area contributed by atoms with E-state index in [1.54, 1.807) is 67.7 Å². The minimum absolute atomic E-state index is 0.156. The van der Waals surface area contributed by atoms with Gasteiger partial charge in [0.05, 0.1) is 6.54 Å². The van der Waals surface area contributed by atoms with Crippen molar-refractivity contribution < 1.29 is 23.5 Å². The van der Waals surface area contributed by atoms with Crippen molar-refractivity contribution in [3.63, 3.8) is 0 Å². The van der Waals surface area contributed by atoms with Crippen molar-refractivity contribution in [3.8, 4) is 17.2 Å². The fraction of sp³-hybridized carbons (Fsp3) is 0.130. The number of halogens is 1. The molecular formula is C23H21FN2O4. The lowest BCUT2D eigenvalue weighted by molar-refractivity contribution is 0.0772. The van der Waals surface area contributed by atoms with Gasteiger partial charge in [-0.2, -0.15) is 0 Å². The van der Waals surface area contributed by atoms with Crippen molar-refractivity contribution in [2.75, 3.05) is 20.2 Å². The van der Waals surface area contributed by atoms with Crippen molar-refractivity contribution in [1.29, 1.82) is 0 Å². The summed E-state index contributed by atoms with van der Waals surface area (Å²) in [7, 11) is 1.65. The van der Waals surface area contributed by atoms with Gasteiger partial charge in [-0.1, -0.05) is 12.1 Å². The molecule has 2 amide bonds. The van der Waals surface area contributed by atoms with Crippen LogP contribution in [0.3, 0.4) is 0 Å². The topological polar surface area (TPSA) is 81.9 Å². The van der Waals surface area contributed by atoms with Gasteiger partial charge >= 0.3 is 0 Å². The van der Waals surface area contributed by atoms with Crippen LogP contribution in [-0.4, -0.2) is 36.9 Å². The van der Waals surface area contributed by atoms with Gasteiger partial charge in [-0.3, -0.25) is 9.59 Å². The van der Waals surface area contributed by atoms with E-state index in [2.05, 4.69) is 0 Å². The van der Waals surface area contributed by atoms with Gasteiger partial charge in [-0.05, 0) is 60.7 Å². The highest BCUT2D eigenvalue weighted by Gasteiger charge is 2.12. The highest BCUT2D eigenvalue weighted by atomic mass is 19.1. The Kier molecular flexibility index (Phi) is 6.64. The largest absolute Gasteiger partial charge is 0.489 e. The molecule has 0 aliphatic rings. The summed E-state index contributed by atoms with van der Waals surface area (Å²) in [6.45, 7) is 0.475. The number of ether oxygens (including phenoxy) is 2. The third-order valence-electron chi connectivity index (χ3n) is 4.34. The zero-order valence-corrected chi connectivity index (χ0v) is 16.4. The lowest BCUT2D eigenvalue weighted by Crippen LogP contribution is -2.30. The summed E-state index contributed by atoms with van der Waals surface area (Å²) in [6, 6.07) is 19.2. The van der Waals surface area contributed by atoms with Gasteiger partial charge in [-0.15, -0.1) is 0 Å². The Balaban J connectivity index is 1.53. The molecule has 7 heteroatoms. The summed E-state index contributed by atoms with van der Waals surface area (Å²) in [6.07, 6.45) is 0. The summed E-state index contributed by atoms with van der Waals surface area (Å²) in [5.74, 6) is 0.109. The molecule has 0 saturated carbocycles. The predicted molar refractivity (Wildman–Crippen MR) is 110 cm³/mol. The van der Waals surface area contributed by atoms with Crippen LogP contribution in [0.1, 0.15) is 20.7 Å². The number of amides is 2. The van der Waals surface area contributed by atoms with Crippen LogP contribution >= 0.6 is 0 Å². The van der Waals surface area contributed by atoms with E-state index in [4.69, 9.17) is 15.2 Å². The lowest BCUT2D eigenvalue weighted by atomic mass is 10.2. The average molecular weight is 408 g/mol. The number of para-hydroxylation sites is 1. The number of likely N-dealkylation sites (N-methyl/N-ethyl adjacent to an activating group) is 1. The molecule has 0 aliphatic carbocycles. The number of hydrogen-bond donors (Lipinski definition) is 1. The molecule has 0 aromatic heterocycles. The van der Waals surface area contributed by atoms with E-state index in [1.807, 2.05) is 0 Å². The molecule has 0 unspecified atom stereocenters. The van der Waals surface area contributed by atoms with Gasteiger partial charge in [0.25, 0.3) is 5.91 Å². The van der Waals surface area contributed by atoms with Crippen molar-refractivity contribution in [2.24, 2.45) is 5.73 Å². The van der Waals surface area contributed by atoms with E-state index in [1.165, 1.54) is 17.0 Å². The number of benzene rings is 3. The smallest absolute Gasteiger partial charge is 0.253 e. The minimum atomic E-state index is -0.507. The summed E-state index contributed by atoms with van der Waals surface area (Å²) in [5, 5.41) is 0. The van der Waals surface area contributed by atoms with Crippen LogP contribution in [0.25, 0.3) is 0 Å². The molecule has 0 bridgehead atoms. The summed E-state index contributed by atoms with van der Waals surface area (Å²) < 4.78 is 24.6. The average Bonchev–Trinajstić information content (AvgIpc) is 2.75. The third-order valence-corrected chi connectivity index (χ3v) is 4.34. The third kappa shape index (κ3) is 5.35. The van der Waals surface area contributed by atoms with E-state index in [9.17, 15) is 14.0 Å². The molecule has 0 spiro atoms. The second-order valence-corrected chi connectivity index (χ2v) is 6.52. The Bertz CT molecular complexity index is 1020. The standard InChI is InChI=1S/C23H21FN2O4/c1-26(14-15-29-21-5-3-2-4-20(21)24)23(28)17-8-12-19(13-9-17)30-18-10-6-16(7-11-18)22(25)27/h2-13H,14-15H2,1H3,(H2,25,27). The fourth-order valence-corrected chi connectivity index (χ4v) is 2.67. The minimum Gasteiger partial charge on any atom is -0.489 e. The zero-order chi connectivity index (χ0) is 21.5. The van der Waals surface area contributed by atoms with Crippen LogP contribution in [0.15, 0.2) is 72.8 Å². The van der Waals surface area contributed by atoms with Crippen LogP contribution in [0.2, 0.25) is 0 Å². The maximum absolute atomic E-state index is 13.5. The van der Waals surface area contributed by atoms with E-state index >= 15 is 0 Å². The van der Waals surface area contributed by atoms with Crippen LogP contribution < -0.4 is 15.2 Å². The number of rotatable bonds is 8. The molecule has 0 atom stereocenters.